The highest BCUT2D eigenvalue weighted by Gasteiger charge is 2.35. The van der Waals surface area contributed by atoms with Gasteiger partial charge in [0.2, 0.25) is 0 Å². The van der Waals surface area contributed by atoms with Gasteiger partial charge < -0.3 is 10.6 Å². The first kappa shape index (κ1) is 10.3. The molecule has 0 atom stereocenters. The number of benzene rings is 1. The highest BCUT2D eigenvalue weighted by atomic mass is 35.5. The third-order valence-electron chi connectivity index (χ3n) is 3.88. The van der Waals surface area contributed by atoms with Crippen molar-refractivity contribution in [2.45, 2.75) is 37.6 Å². The molecule has 0 saturated heterocycles. The molecular weight excluding hydrogens is 220 g/mol. The quantitative estimate of drug-likeness (QED) is 0.714. The summed E-state index contributed by atoms with van der Waals surface area (Å²) in [5.74, 6) is 0. The Hall–Kier alpha value is -0.890. The largest absolute Gasteiger partial charge is 0.383 e. The number of anilines is 2. The van der Waals surface area contributed by atoms with Gasteiger partial charge in [0.05, 0.1) is 16.4 Å². The number of halogens is 1. The molecule has 16 heavy (non-hydrogen) atoms. The summed E-state index contributed by atoms with van der Waals surface area (Å²) in [6, 6.07) is 6.06. The number of rotatable bonds is 0. The molecule has 3 heteroatoms. The maximum atomic E-state index is 6.27. The Morgan fingerprint density at radius 3 is 2.75 bits per heavy atom. The highest BCUT2D eigenvalue weighted by Crippen LogP contribution is 2.42. The maximum Gasteiger partial charge on any atom is 0.0769 e. The van der Waals surface area contributed by atoms with E-state index in [1.165, 1.54) is 32.1 Å². The van der Waals surface area contributed by atoms with E-state index < -0.39 is 0 Å². The lowest BCUT2D eigenvalue weighted by Gasteiger charge is -2.30. The maximum absolute atomic E-state index is 6.27. The zero-order valence-electron chi connectivity index (χ0n) is 9.35. The van der Waals surface area contributed by atoms with Crippen LogP contribution in [0.1, 0.15) is 32.1 Å². The van der Waals surface area contributed by atoms with Crippen LogP contribution < -0.4 is 10.6 Å². The average molecular weight is 237 g/mol. The van der Waals surface area contributed by atoms with Crippen LogP contribution in [0.25, 0.3) is 0 Å². The molecular formula is C13H17ClN2. The van der Waals surface area contributed by atoms with Gasteiger partial charge in [0.15, 0.2) is 0 Å². The molecule has 1 aliphatic heterocycles. The van der Waals surface area contributed by atoms with Crippen LogP contribution in [0.15, 0.2) is 18.2 Å². The van der Waals surface area contributed by atoms with Gasteiger partial charge in [-0.25, -0.2) is 0 Å². The third-order valence-corrected chi connectivity index (χ3v) is 4.20. The monoisotopic (exact) mass is 236 g/mol. The molecule has 2 aliphatic rings. The third kappa shape index (κ3) is 1.65. The molecule has 0 bridgehead atoms. The van der Waals surface area contributed by atoms with Gasteiger partial charge >= 0.3 is 0 Å². The van der Waals surface area contributed by atoms with Crippen molar-refractivity contribution in [2.75, 3.05) is 17.2 Å². The molecule has 0 amide bonds. The van der Waals surface area contributed by atoms with Crippen molar-refractivity contribution in [3.63, 3.8) is 0 Å². The summed E-state index contributed by atoms with van der Waals surface area (Å²) in [4.78, 5) is 0. The fraction of sp³-hybridized carbons (Fsp3) is 0.538. The number of hydrogen-bond acceptors (Lipinski definition) is 2. The van der Waals surface area contributed by atoms with Crippen LogP contribution in [0.4, 0.5) is 11.4 Å². The van der Waals surface area contributed by atoms with Gasteiger partial charge in [0.1, 0.15) is 0 Å². The Labute approximate surface area is 101 Å². The predicted molar refractivity (Wildman–Crippen MR) is 69.4 cm³/mol. The zero-order valence-corrected chi connectivity index (χ0v) is 10.1. The minimum Gasteiger partial charge on any atom is -0.383 e. The Morgan fingerprint density at radius 2 is 1.94 bits per heavy atom. The van der Waals surface area contributed by atoms with E-state index >= 15 is 0 Å². The van der Waals surface area contributed by atoms with Crippen molar-refractivity contribution in [1.82, 2.24) is 0 Å². The van der Waals surface area contributed by atoms with Crippen LogP contribution in [0.2, 0.25) is 5.02 Å². The molecule has 1 spiro atoms. The Kier molecular flexibility index (Phi) is 2.47. The van der Waals surface area contributed by atoms with Crippen molar-refractivity contribution in [1.29, 1.82) is 0 Å². The summed E-state index contributed by atoms with van der Waals surface area (Å²) in [6.45, 7) is 1.04. The van der Waals surface area contributed by atoms with Crippen molar-refractivity contribution in [2.24, 2.45) is 0 Å². The molecule has 3 rings (SSSR count). The molecule has 0 aromatic heterocycles. The van der Waals surface area contributed by atoms with Crippen LogP contribution in [0.3, 0.4) is 0 Å². The lowest BCUT2D eigenvalue weighted by atomic mass is 9.93. The second kappa shape index (κ2) is 3.85. The summed E-state index contributed by atoms with van der Waals surface area (Å²) < 4.78 is 0. The molecule has 2 nitrogen and oxygen atoms in total. The number of nitrogens with one attached hydrogen (secondary N) is 2. The molecule has 1 heterocycles. The van der Waals surface area contributed by atoms with Gasteiger partial charge in [-0.15, -0.1) is 0 Å². The molecule has 1 aromatic rings. The van der Waals surface area contributed by atoms with E-state index in [1.54, 1.807) is 0 Å². The topological polar surface area (TPSA) is 24.1 Å². The summed E-state index contributed by atoms with van der Waals surface area (Å²) in [5.41, 5.74) is 2.54. The zero-order chi connectivity index (χ0) is 11.0. The second-order valence-electron chi connectivity index (χ2n) is 4.95. The van der Waals surface area contributed by atoms with Crippen molar-refractivity contribution < 1.29 is 0 Å². The second-order valence-corrected chi connectivity index (χ2v) is 5.36. The number of fused-ring (bicyclic) bond motifs is 1. The van der Waals surface area contributed by atoms with E-state index in [9.17, 15) is 0 Å². The molecule has 1 aromatic carbocycles. The summed E-state index contributed by atoms with van der Waals surface area (Å²) >= 11 is 6.27. The SMILES string of the molecule is Clc1cccc2c1NC1(CCCC1)CCN2. The number of hydrogen-bond donors (Lipinski definition) is 2. The van der Waals surface area contributed by atoms with E-state index in [0.29, 0.717) is 5.54 Å². The fourth-order valence-corrected chi connectivity index (χ4v) is 3.21. The van der Waals surface area contributed by atoms with Crippen LogP contribution in [-0.2, 0) is 0 Å². The molecule has 86 valence electrons. The Balaban J connectivity index is 1.99. The minimum atomic E-state index is 0.295. The highest BCUT2D eigenvalue weighted by molar-refractivity contribution is 6.34. The lowest BCUT2D eigenvalue weighted by Crippen LogP contribution is -2.35. The first-order valence-electron chi connectivity index (χ1n) is 6.10. The van der Waals surface area contributed by atoms with Crippen molar-refractivity contribution in [3.05, 3.63) is 23.2 Å². The van der Waals surface area contributed by atoms with Crippen LogP contribution in [-0.4, -0.2) is 12.1 Å². The van der Waals surface area contributed by atoms with Gasteiger partial charge in [-0.05, 0) is 31.4 Å². The number of para-hydroxylation sites is 1. The average Bonchev–Trinajstić information content (AvgIpc) is 2.62. The predicted octanol–water partition coefficient (Wildman–Crippen LogP) is 3.88. The van der Waals surface area contributed by atoms with E-state index in [-0.39, 0.29) is 0 Å². The molecule has 2 N–H and O–H groups in total. The van der Waals surface area contributed by atoms with Crippen molar-refractivity contribution >= 4 is 23.0 Å². The summed E-state index contributed by atoms with van der Waals surface area (Å²) in [7, 11) is 0. The fourth-order valence-electron chi connectivity index (χ4n) is 2.99. The van der Waals surface area contributed by atoms with E-state index in [0.717, 1.165) is 22.9 Å². The summed E-state index contributed by atoms with van der Waals surface area (Å²) in [6.07, 6.45) is 6.43. The Bertz CT molecular complexity index is 397. The molecule has 1 aliphatic carbocycles. The van der Waals surface area contributed by atoms with E-state index in [4.69, 9.17) is 11.6 Å². The van der Waals surface area contributed by atoms with Crippen LogP contribution >= 0.6 is 11.6 Å². The first-order chi connectivity index (χ1) is 7.79. The van der Waals surface area contributed by atoms with E-state index in [1.807, 2.05) is 12.1 Å². The van der Waals surface area contributed by atoms with Gasteiger partial charge in [0, 0.05) is 12.1 Å². The minimum absolute atomic E-state index is 0.295. The summed E-state index contributed by atoms with van der Waals surface area (Å²) in [5, 5.41) is 8.01. The van der Waals surface area contributed by atoms with Gasteiger partial charge in [-0.3, -0.25) is 0 Å². The normalized spacial score (nSPS) is 22.1. The van der Waals surface area contributed by atoms with Gasteiger partial charge in [-0.1, -0.05) is 30.5 Å². The Morgan fingerprint density at radius 1 is 1.12 bits per heavy atom. The first-order valence-corrected chi connectivity index (χ1v) is 6.48. The lowest BCUT2D eigenvalue weighted by molar-refractivity contribution is 0.461. The molecule has 0 unspecified atom stereocenters. The van der Waals surface area contributed by atoms with E-state index in [2.05, 4.69) is 16.7 Å². The van der Waals surface area contributed by atoms with Crippen molar-refractivity contribution in [3.8, 4) is 0 Å². The van der Waals surface area contributed by atoms with Gasteiger partial charge in [0.25, 0.3) is 0 Å². The van der Waals surface area contributed by atoms with Crippen LogP contribution in [0, 0.1) is 0 Å². The molecule has 1 saturated carbocycles. The standard InChI is InChI=1S/C13H17ClN2/c14-10-4-3-5-11-12(10)16-13(8-9-15-11)6-1-2-7-13/h3-5,15-16H,1-2,6-9H2. The van der Waals surface area contributed by atoms with Crippen LogP contribution in [0.5, 0.6) is 0 Å². The smallest absolute Gasteiger partial charge is 0.0769 e. The molecule has 1 fully saturated rings. The molecule has 0 radical (unpaired) electrons. The van der Waals surface area contributed by atoms with Gasteiger partial charge in [-0.2, -0.15) is 0 Å².